The Balaban J connectivity index is 1.81. The summed E-state index contributed by atoms with van der Waals surface area (Å²) >= 11 is 5.82. The van der Waals surface area contributed by atoms with E-state index >= 15 is 0 Å². The van der Waals surface area contributed by atoms with Crippen LogP contribution in [0.5, 0.6) is 0 Å². The summed E-state index contributed by atoms with van der Waals surface area (Å²) in [6, 6.07) is 9.38. The third kappa shape index (κ3) is 2.82. The van der Waals surface area contributed by atoms with E-state index < -0.39 is 0 Å². The first-order valence-electron chi connectivity index (χ1n) is 9.78. The van der Waals surface area contributed by atoms with Gasteiger partial charge in [-0.3, -0.25) is 4.98 Å². The van der Waals surface area contributed by atoms with E-state index in [2.05, 4.69) is 58.7 Å². The zero-order chi connectivity index (χ0) is 18.3. The van der Waals surface area contributed by atoms with Crippen molar-refractivity contribution in [1.82, 2.24) is 19.8 Å². The first kappa shape index (κ1) is 17.5. The van der Waals surface area contributed by atoms with Crippen LogP contribution < -0.4 is 5.32 Å². The molecular formula is C21H28N4S. The van der Waals surface area contributed by atoms with Gasteiger partial charge in [0.05, 0.1) is 17.8 Å². The number of nitrogens with one attached hydrogen (secondary N) is 1. The summed E-state index contributed by atoms with van der Waals surface area (Å²) in [4.78, 5) is 7.14. The first-order valence-corrected chi connectivity index (χ1v) is 10.2. The van der Waals surface area contributed by atoms with Crippen molar-refractivity contribution in [3.8, 4) is 0 Å². The molecule has 0 radical (unpaired) electrons. The van der Waals surface area contributed by atoms with Gasteiger partial charge in [-0.15, -0.1) is 0 Å². The lowest BCUT2D eigenvalue weighted by molar-refractivity contribution is 0.245. The normalized spacial score (nSPS) is 23.7. The van der Waals surface area contributed by atoms with Gasteiger partial charge in [0.1, 0.15) is 0 Å². The maximum Gasteiger partial charge on any atom is 0.170 e. The molecule has 2 fully saturated rings. The van der Waals surface area contributed by atoms with Crippen molar-refractivity contribution >= 4 is 17.3 Å². The second-order valence-corrected chi connectivity index (χ2v) is 7.93. The number of pyridine rings is 1. The Bertz CT molecular complexity index is 792. The Morgan fingerprint density at radius 2 is 2.00 bits per heavy atom. The van der Waals surface area contributed by atoms with Crippen molar-refractivity contribution in [2.75, 3.05) is 0 Å². The van der Waals surface area contributed by atoms with Gasteiger partial charge in [-0.25, -0.2) is 0 Å². The van der Waals surface area contributed by atoms with Crippen LogP contribution in [0.2, 0.25) is 0 Å². The summed E-state index contributed by atoms with van der Waals surface area (Å²) in [5.41, 5.74) is 5.13. The second-order valence-electron chi connectivity index (χ2n) is 7.54. The molecule has 0 aromatic carbocycles. The van der Waals surface area contributed by atoms with E-state index in [0.717, 1.165) is 17.4 Å². The fourth-order valence-electron chi connectivity index (χ4n) is 4.89. The monoisotopic (exact) mass is 368 g/mol. The number of thiocarbonyl (C=S) groups is 1. The Hall–Kier alpha value is -1.88. The van der Waals surface area contributed by atoms with E-state index in [1.54, 1.807) is 0 Å². The molecule has 1 aliphatic carbocycles. The minimum absolute atomic E-state index is 0.107. The highest BCUT2D eigenvalue weighted by molar-refractivity contribution is 7.80. The minimum Gasteiger partial charge on any atom is -0.352 e. The summed E-state index contributed by atoms with van der Waals surface area (Å²) in [5, 5.41) is 4.49. The Kier molecular flexibility index (Phi) is 4.74. The fourth-order valence-corrected chi connectivity index (χ4v) is 5.28. The van der Waals surface area contributed by atoms with E-state index in [9.17, 15) is 0 Å². The highest BCUT2D eigenvalue weighted by atomic mass is 32.1. The molecule has 1 saturated heterocycles. The number of nitrogens with zero attached hydrogens (tertiary/aromatic N) is 3. The Morgan fingerprint density at radius 3 is 2.62 bits per heavy atom. The van der Waals surface area contributed by atoms with Crippen molar-refractivity contribution < 1.29 is 0 Å². The molecule has 3 heterocycles. The predicted octanol–water partition coefficient (Wildman–Crippen LogP) is 4.43. The topological polar surface area (TPSA) is 33.1 Å². The lowest BCUT2D eigenvalue weighted by atomic mass is 9.95. The van der Waals surface area contributed by atoms with Gasteiger partial charge in [0.15, 0.2) is 5.11 Å². The number of hydrogen-bond donors (Lipinski definition) is 1. The van der Waals surface area contributed by atoms with E-state index in [1.807, 2.05) is 12.3 Å². The van der Waals surface area contributed by atoms with Crippen molar-refractivity contribution in [2.45, 2.75) is 71.1 Å². The summed E-state index contributed by atoms with van der Waals surface area (Å²) < 4.78 is 2.40. The SMILES string of the molecule is CCn1c(C)cc(C2C(c3ccccn3)NC(=S)N2C2CCCC2)c1C. The lowest BCUT2D eigenvalue weighted by Crippen LogP contribution is -2.37. The lowest BCUT2D eigenvalue weighted by Gasteiger charge is -2.33. The van der Waals surface area contributed by atoms with E-state index in [-0.39, 0.29) is 12.1 Å². The van der Waals surface area contributed by atoms with Crippen LogP contribution in [0.15, 0.2) is 30.5 Å². The molecule has 26 heavy (non-hydrogen) atoms. The molecule has 5 heteroatoms. The molecule has 138 valence electrons. The molecule has 0 spiro atoms. The third-order valence-corrected chi connectivity index (χ3v) is 6.43. The summed E-state index contributed by atoms with van der Waals surface area (Å²) in [7, 11) is 0. The van der Waals surface area contributed by atoms with Crippen LogP contribution in [0.25, 0.3) is 0 Å². The zero-order valence-electron chi connectivity index (χ0n) is 15.9. The second kappa shape index (κ2) is 7.03. The Labute approximate surface area is 161 Å². The van der Waals surface area contributed by atoms with Gasteiger partial charge >= 0.3 is 0 Å². The number of aryl methyl sites for hydroxylation is 1. The average Bonchev–Trinajstić information content (AvgIpc) is 3.34. The first-order chi connectivity index (χ1) is 12.6. The predicted molar refractivity (Wildman–Crippen MR) is 109 cm³/mol. The van der Waals surface area contributed by atoms with Crippen LogP contribution in [0.3, 0.4) is 0 Å². The van der Waals surface area contributed by atoms with Crippen LogP contribution in [0.1, 0.15) is 67.3 Å². The number of rotatable bonds is 4. The van der Waals surface area contributed by atoms with Crippen LogP contribution in [-0.4, -0.2) is 25.6 Å². The van der Waals surface area contributed by atoms with Gasteiger partial charge in [-0.05, 0) is 69.6 Å². The summed E-state index contributed by atoms with van der Waals surface area (Å²) in [6.07, 6.45) is 6.96. The molecule has 1 aliphatic heterocycles. The van der Waals surface area contributed by atoms with Crippen LogP contribution in [0.4, 0.5) is 0 Å². The van der Waals surface area contributed by atoms with Gasteiger partial charge in [-0.2, -0.15) is 0 Å². The molecular weight excluding hydrogens is 340 g/mol. The molecule has 2 aromatic rings. The molecule has 4 nitrogen and oxygen atoms in total. The molecule has 0 bridgehead atoms. The van der Waals surface area contributed by atoms with Gasteiger partial charge in [0.25, 0.3) is 0 Å². The molecule has 2 aliphatic rings. The smallest absolute Gasteiger partial charge is 0.170 e. The third-order valence-electron chi connectivity index (χ3n) is 6.10. The summed E-state index contributed by atoms with van der Waals surface area (Å²) in [6.45, 7) is 7.66. The molecule has 2 aromatic heterocycles. The van der Waals surface area contributed by atoms with Crippen molar-refractivity contribution in [3.63, 3.8) is 0 Å². The molecule has 2 atom stereocenters. The average molecular weight is 369 g/mol. The van der Waals surface area contributed by atoms with Gasteiger partial charge in [0.2, 0.25) is 0 Å². The summed E-state index contributed by atoms with van der Waals surface area (Å²) in [5.74, 6) is 0. The number of aromatic nitrogens is 2. The fraction of sp³-hybridized carbons (Fsp3) is 0.524. The van der Waals surface area contributed by atoms with Gasteiger partial charge < -0.3 is 14.8 Å². The van der Waals surface area contributed by atoms with E-state index in [4.69, 9.17) is 12.2 Å². The van der Waals surface area contributed by atoms with Gasteiger partial charge in [-0.1, -0.05) is 18.9 Å². The molecule has 1 saturated carbocycles. The van der Waals surface area contributed by atoms with Crippen molar-refractivity contribution in [3.05, 3.63) is 53.1 Å². The highest BCUT2D eigenvalue weighted by Gasteiger charge is 2.44. The van der Waals surface area contributed by atoms with Crippen LogP contribution >= 0.6 is 12.2 Å². The molecule has 0 amide bonds. The minimum atomic E-state index is 0.107. The van der Waals surface area contributed by atoms with Gasteiger partial charge in [0, 0.05) is 30.2 Å². The zero-order valence-corrected chi connectivity index (χ0v) is 16.7. The quantitative estimate of drug-likeness (QED) is 0.809. The standard InChI is InChI=1S/C21H28N4S/c1-4-24-14(2)13-17(15(24)3)20-19(18-11-7-8-12-22-18)23-21(26)25(20)16-9-5-6-10-16/h7-8,11-13,16,19-20H,4-6,9-10H2,1-3H3,(H,23,26). The van der Waals surface area contributed by atoms with Crippen molar-refractivity contribution in [1.29, 1.82) is 0 Å². The maximum atomic E-state index is 5.82. The van der Waals surface area contributed by atoms with Crippen molar-refractivity contribution in [2.24, 2.45) is 0 Å². The largest absolute Gasteiger partial charge is 0.352 e. The molecule has 2 unspecified atom stereocenters. The van der Waals surface area contributed by atoms with Crippen LogP contribution in [-0.2, 0) is 6.54 Å². The van der Waals surface area contributed by atoms with E-state index in [0.29, 0.717) is 6.04 Å². The molecule has 1 N–H and O–H groups in total. The maximum absolute atomic E-state index is 5.82. The number of hydrogen-bond acceptors (Lipinski definition) is 2. The highest BCUT2D eigenvalue weighted by Crippen LogP contribution is 2.44. The Morgan fingerprint density at radius 1 is 1.23 bits per heavy atom. The van der Waals surface area contributed by atoms with E-state index in [1.165, 1.54) is 42.6 Å². The van der Waals surface area contributed by atoms with Crippen LogP contribution in [0, 0.1) is 13.8 Å². The molecule has 4 rings (SSSR count).